The molecule has 5 aromatic carbocycles. The average Bonchev–Trinajstić information content (AvgIpc) is 3.35. The molecule has 0 amide bonds. The maximum atomic E-state index is 5.17. The smallest absolute Gasteiger partial charge is 0.663 e. The summed E-state index contributed by atoms with van der Waals surface area (Å²) in [7, 11) is 0. The Hall–Kier alpha value is -4.85. The van der Waals surface area contributed by atoms with Crippen LogP contribution in [0.25, 0.3) is 66.5 Å². The van der Waals surface area contributed by atoms with Crippen molar-refractivity contribution in [1.29, 1.82) is 0 Å². The summed E-state index contributed by atoms with van der Waals surface area (Å²) in [5, 5.41) is 11.0. The normalized spacial score (nSPS) is 12.4. The van der Waals surface area contributed by atoms with E-state index in [1.807, 2.05) is 24.5 Å². The van der Waals surface area contributed by atoms with Gasteiger partial charge in [-0.2, -0.15) is 5.35 Å². The SMILES string of the molecule is [Pt+2].[c-]1c(/C=c2\[n-]/c(=C\c3nccc4ccccc34)c3cc4ccccc4cc23)cccc1-c1cc2ccccc2cn1. The Morgan fingerprint density at radius 2 is 1.19 bits per heavy atom. The second kappa shape index (κ2) is 10.9. The molecular formula is C38H23N3Pt. The predicted molar refractivity (Wildman–Crippen MR) is 169 cm³/mol. The van der Waals surface area contributed by atoms with E-state index in [0.29, 0.717) is 0 Å². The van der Waals surface area contributed by atoms with E-state index < -0.39 is 0 Å². The van der Waals surface area contributed by atoms with Crippen molar-refractivity contribution in [3.05, 3.63) is 156 Å². The Balaban J connectivity index is 0.00000288. The molecule has 4 heteroatoms. The third kappa shape index (κ3) is 4.72. The molecule has 3 nitrogen and oxygen atoms in total. The van der Waals surface area contributed by atoms with Crippen LogP contribution in [0.1, 0.15) is 11.3 Å². The van der Waals surface area contributed by atoms with E-state index >= 15 is 0 Å². The molecule has 0 atom stereocenters. The fourth-order valence-corrected chi connectivity index (χ4v) is 5.62. The molecular weight excluding hydrogens is 694 g/mol. The van der Waals surface area contributed by atoms with Crippen LogP contribution in [0.3, 0.4) is 0 Å². The summed E-state index contributed by atoms with van der Waals surface area (Å²) >= 11 is 0. The molecule has 8 rings (SSSR count). The monoisotopic (exact) mass is 716 g/mol. The van der Waals surface area contributed by atoms with E-state index in [2.05, 4.69) is 121 Å². The van der Waals surface area contributed by atoms with E-state index in [0.717, 1.165) is 65.5 Å². The van der Waals surface area contributed by atoms with Gasteiger partial charge >= 0.3 is 21.1 Å². The number of aromatic nitrogens is 3. The Bertz CT molecular complexity index is 2380. The zero-order valence-electron chi connectivity index (χ0n) is 22.4. The van der Waals surface area contributed by atoms with E-state index in [4.69, 9.17) is 15.0 Å². The molecule has 0 aliphatic carbocycles. The summed E-state index contributed by atoms with van der Waals surface area (Å²) in [6, 6.07) is 43.5. The molecule has 42 heavy (non-hydrogen) atoms. The summed E-state index contributed by atoms with van der Waals surface area (Å²) in [6.45, 7) is 0. The van der Waals surface area contributed by atoms with Crippen molar-refractivity contribution in [2.24, 2.45) is 0 Å². The van der Waals surface area contributed by atoms with Gasteiger partial charge in [-0.05, 0) is 62.0 Å². The van der Waals surface area contributed by atoms with Crippen molar-refractivity contribution in [2.45, 2.75) is 0 Å². The maximum Gasteiger partial charge on any atom is 2.00 e. The first kappa shape index (κ1) is 26.1. The van der Waals surface area contributed by atoms with Crippen LogP contribution in [0.5, 0.6) is 0 Å². The first-order chi connectivity index (χ1) is 20.3. The number of pyridine rings is 2. The fraction of sp³-hybridized carbons (Fsp3) is 0. The zero-order chi connectivity index (χ0) is 27.2. The molecule has 0 unspecified atom stereocenters. The number of rotatable bonds is 3. The van der Waals surface area contributed by atoms with Gasteiger partial charge in [0.2, 0.25) is 0 Å². The number of hydrogen-bond acceptors (Lipinski definition) is 2. The molecule has 0 fully saturated rings. The van der Waals surface area contributed by atoms with Crippen LogP contribution in [0.4, 0.5) is 0 Å². The number of hydrogen-bond donors (Lipinski definition) is 0. The van der Waals surface area contributed by atoms with Gasteiger partial charge in [-0.15, -0.1) is 41.3 Å². The van der Waals surface area contributed by atoms with Crippen molar-refractivity contribution in [1.82, 2.24) is 15.0 Å². The molecule has 0 saturated carbocycles. The van der Waals surface area contributed by atoms with Crippen LogP contribution in [-0.2, 0) is 21.1 Å². The third-order valence-electron chi connectivity index (χ3n) is 7.67. The molecule has 0 aliphatic rings. The minimum Gasteiger partial charge on any atom is -0.663 e. The summed E-state index contributed by atoms with van der Waals surface area (Å²) in [4.78, 5) is 14.6. The van der Waals surface area contributed by atoms with E-state index in [1.165, 1.54) is 10.8 Å². The van der Waals surface area contributed by atoms with E-state index in [-0.39, 0.29) is 21.1 Å². The van der Waals surface area contributed by atoms with E-state index in [9.17, 15) is 0 Å². The number of fused-ring (bicyclic) bond motifs is 4. The van der Waals surface area contributed by atoms with Crippen LogP contribution in [0.15, 0.2) is 128 Å². The first-order valence-electron chi connectivity index (χ1n) is 13.7. The van der Waals surface area contributed by atoms with Gasteiger partial charge < -0.3 is 4.98 Å². The van der Waals surface area contributed by atoms with Gasteiger partial charge in [0.1, 0.15) is 0 Å². The third-order valence-corrected chi connectivity index (χ3v) is 7.67. The topological polar surface area (TPSA) is 39.9 Å². The zero-order valence-corrected chi connectivity index (χ0v) is 24.7. The van der Waals surface area contributed by atoms with Gasteiger partial charge in [-0.3, -0.25) is 9.97 Å². The molecule has 3 aromatic heterocycles. The molecule has 8 aromatic rings. The quantitative estimate of drug-likeness (QED) is 0.182. The van der Waals surface area contributed by atoms with Crippen LogP contribution >= 0.6 is 0 Å². The minimum absolute atomic E-state index is 0. The minimum atomic E-state index is 0. The van der Waals surface area contributed by atoms with Gasteiger partial charge in [-0.1, -0.05) is 84.4 Å². The maximum absolute atomic E-state index is 5.17. The van der Waals surface area contributed by atoms with Crippen molar-refractivity contribution in [3.63, 3.8) is 0 Å². The Morgan fingerprint density at radius 3 is 1.95 bits per heavy atom. The Kier molecular flexibility index (Phi) is 6.74. The Morgan fingerprint density at radius 1 is 0.548 bits per heavy atom. The van der Waals surface area contributed by atoms with Gasteiger partial charge in [0, 0.05) is 23.5 Å². The molecule has 0 aliphatic heterocycles. The second-order valence-electron chi connectivity index (χ2n) is 10.3. The second-order valence-corrected chi connectivity index (χ2v) is 10.3. The number of nitrogens with zero attached hydrogens (tertiary/aromatic N) is 3. The average molecular weight is 717 g/mol. The largest absolute Gasteiger partial charge is 2.00 e. The van der Waals surface area contributed by atoms with E-state index in [1.54, 1.807) is 0 Å². The van der Waals surface area contributed by atoms with Gasteiger partial charge in [0.15, 0.2) is 0 Å². The summed E-state index contributed by atoms with van der Waals surface area (Å²) in [6.07, 6.45) is 8.02. The molecule has 0 N–H and O–H groups in total. The first-order valence-corrected chi connectivity index (χ1v) is 13.7. The van der Waals surface area contributed by atoms with Crippen molar-refractivity contribution >= 4 is 55.2 Å². The van der Waals surface area contributed by atoms with Gasteiger partial charge in [0.05, 0.1) is 5.69 Å². The molecule has 3 heterocycles. The van der Waals surface area contributed by atoms with Gasteiger partial charge in [-0.25, -0.2) is 0 Å². The molecule has 0 bridgehead atoms. The van der Waals surface area contributed by atoms with Crippen LogP contribution in [-0.4, -0.2) is 9.97 Å². The molecule has 0 saturated heterocycles. The summed E-state index contributed by atoms with van der Waals surface area (Å²) < 4.78 is 0. The van der Waals surface area contributed by atoms with Crippen LogP contribution in [0, 0.1) is 6.07 Å². The molecule has 200 valence electrons. The molecule has 0 spiro atoms. The number of benzene rings is 5. The predicted octanol–water partition coefficient (Wildman–Crippen LogP) is 7.17. The van der Waals surface area contributed by atoms with Crippen molar-refractivity contribution in [3.8, 4) is 11.3 Å². The van der Waals surface area contributed by atoms with Crippen LogP contribution in [0.2, 0.25) is 0 Å². The van der Waals surface area contributed by atoms with Gasteiger partial charge in [0.25, 0.3) is 0 Å². The summed E-state index contributed by atoms with van der Waals surface area (Å²) in [5.41, 5.74) is 3.73. The fourth-order valence-electron chi connectivity index (χ4n) is 5.62. The van der Waals surface area contributed by atoms with Crippen LogP contribution < -0.4 is 15.7 Å². The Labute approximate surface area is 257 Å². The molecule has 0 radical (unpaired) electrons. The van der Waals surface area contributed by atoms with Crippen molar-refractivity contribution < 1.29 is 21.1 Å². The summed E-state index contributed by atoms with van der Waals surface area (Å²) in [5.74, 6) is 0. The standard InChI is InChI=1S/C38H23N3.Pt/c1-2-11-28-21-34-33(20-27(28)10-1)37(41-38(34)23-36-32-15-6-5-9-26(32)16-17-39-36)19-25-8-7-14-30(18-25)35-22-29-12-3-4-13-31(29)24-40-35;/h1-17,19-24H;/q-2;+2/b37-19-,38-23-;. The van der Waals surface area contributed by atoms with Crippen molar-refractivity contribution in [2.75, 3.05) is 0 Å².